The van der Waals surface area contributed by atoms with Crippen molar-refractivity contribution in [3.05, 3.63) is 71.8 Å². The van der Waals surface area contributed by atoms with E-state index >= 15 is 0 Å². The van der Waals surface area contributed by atoms with E-state index in [0.717, 1.165) is 43.2 Å². The van der Waals surface area contributed by atoms with E-state index in [1.54, 1.807) is 13.8 Å². The molecule has 2 unspecified atom stereocenters. The van der Waals surface area contributed by atoms with Crippen LogP contribution in [0, 0.1) is 11.8 Å². The molecule has 2 aromatic carbocycles. The Morgan fingerprint density at radius 2 is 1.50 bits per heavy atom. The lowest BCUT2D eigenvalue weighted by atomic mass is 9.72. The van der Waals surface area contributed by atoms with Crippen LogP contribution in [0.4, 0.5) is 0 Å². The third-order valence-electron chi connectivity index (χ3n) is 10.3. The number of β-amino-alcohol motifs (C(OH)–C–C–N with tert-alkyl or cyclic N) is 1. The summed E-state index contributed by atoms with van der Waals surface area (Å²) >= 11 is 0. The highest BCUT2D eigenvalue weighted by Crippen LogP contribution is 2.39. The zero-order valence-electron chi connectivity index (χ0n) is 29.7. The van der Waals surface area contributed by atoms with Gasteiger partial charge >= 0.3 is 0 Å². The Hall–Kier alpha value is -2.79. The molecule has 266 valence electrons. The van der Waals surface area contributed by atoms with Crippen molar-refractivity contribution in [1.82, 2.24) is 20.9 Å². The molecule has 0 bridgehead atoms. The van der Waals surface area contributed by atoms with E-state index in [1.807, 2.05) is 81.4 Å². The number of likely N-dealkylation sites (tertiary alicyclic amines) is 1. The normalized spacial score (nSPS) is 22.6. The second-order valence-corrected chi connectivity index (χ2v) is 18.2. The summed E-state index contributed by atoms with van der Waals surface area (Å²) in [6, 6.07) is 17.3. The molecule has 4 rings (SSSR count). The minimum Gasteiger partial charge on any atom is -0.390 e. The number of carbonyl (C=O) groups is 2. The maximum Gasteiger partial charge on any atom is 0.239 e. The number of nitrogens with zero attached hydrogens (tertiary/aromatic N) is 1. The summed E-state index contributed by atoms with van der Waals surface area (Å²) in [7, 11) is -3.66. The molecule has 1 aliphatic heterocycles. The van der Waals surface area contributed by atoms with Gasteiger partial charge in [0.05, 0.1) is 22.9 Å². The van der Waals surface area contributed by atoms with Crippen LogP contribution < -0.4 is 16.0 Å². The molecule has 2 amide bonds. The van der Waals surface area contributed by atoms with Crippen LogP contribution >= 0.6 is 0 Å². The molecular formula is C38H58N4O5S. The van der Waals surface area contributed by atoms with E-state index in [0.29, 0.717) is 31.2 Å². The zero-order chi connectivity index (χ0) is 35.1. The Balaban J connectivity index is 1.58. The van der Waals surface area contributed by atoms with E-state index in [4.69, 9.17) is 0 Å². The number of amides is 2. The van der Waals surface area contributed by atoms with E-state index in [1.165, 1.54) is 12.8 Å². The van der Waals surface area contributed by atoms with Gasteiger partial charge in [0.15, 0.2) is 9.84 Å². The highest BCUT2D eigenvalue weighted by atomic mass is 32.2. The zero-order valence-corrected chi connectivity index (χ0v) is 30.6. The first-order valence-electron chi connectivity index (χ1n) is 17.6. The molecule has 2 aromatic rings. The maximum atomic E-state index is 14.2. The smallest absolute Gasteiger partial charge is 0.239 e. The third-order valence-corrected chi connectivity index (χ3v) is 12.5. The Morgan fingerprint density at radius 3 is 2.08 bits per heavy atom. The highest BCUT2D eigenvalue weighted by molar-refractivity contribution is 7.92. The predicted molar refractivity (Wildman–Crippen MR) is 192 cm³/mol. The molecule has 1 heterocycles. The number of aliphatic hydroxyl groups excluding tert-OH is 1. The lowest BCUT2D eigenvalue weighted by Crippen LogP contribution is -2.63. The molecule has 4 N–H and O–H groups in total. The molecule has 2 fully saturated rings. The molecule has 2 aliphatic rings. The summed E-state index contributed by atoms with van der Waals surface area (Å²) in [6.07, 6.45) is 6.48. The number of nitrogens with one attached hydrogen (secondary N) is 3. The van der Waals surface area contributed by atoms with E-state index in [-0.39, 0.29) is 24.0 Å². The summed E-state index contributed by atoms with van der Waals surface area (Å²) in [4.78, 5) is 29.9. The van der Waals surface area contributed by atoms with Crippen LogP contribution in [0.15, 0.2) is 60.7 Å². The quantitative estimate of drug-likeness (QED) is 0.238. The van der Waals surface area contributed by atoms with Crippen LogP contribution in [-0.4, -0.2) is 90.6 Å². The van der Waals surface area contributed by atoms with E-state index < -0.39 is 38.7 Å². The second kappa shape index (κ2) is 16.3. The molecule has 0 radical (unpaired) electrons. The van der Waals surface area contributed by atoms with Crippen LogP contribution in [-0.2, 0) is 32.3 Å². The van der Waals surface area contributed by atoms with Crippen LogP contribution in [0.5, 0.6) is 0 Å². The number of aliphatic hydroxyl groups is 1. The third kappa shape index (κ3) is 10.4. The summed E-state index contributed by atoms with van der Waals surface area (Å²) in [5, 5.41) is 21.4. The van der Waals surface area contributed by atoms with Gasteiger partial charge in [0.1, 0.15) is 6.04 Å². The molecule has 0 aromatic heterocycles. The average Bonchev–Trinajstić information content (AvgIpc) is 3.02. The van der Waals surface area contributed by atoms with E-state index in [9.17, 15) is 23.1 Å². The number of piperidine rings is 1. The Morgan fingerprint density at radius 1 is 0.917 bits per heavy atom. The van der Waals surface area contributed by atoms with Crippen molar-refractivity contribution in [1.29, 1.82) is 0 Å². The number of benzene rings is 2. The fourth-order valence-corrected chi connectivity index (χ4v) is 7.90. The first-order chi connectivity index (χ1) is 22.5. The van der Waals surface area contributed by atoms with Gasteiger partial charge in [-0.25, -0.2) is 8.42 Å². The van der Waals surface area contributed by atoms with Gasteiger partial charge in [-0.05, 0) is 89.8 Å². The van der Waals surface area contributed by atoms with Gasteiger partial charge in [0.25, 0.3) is 0 Å². The number of fused-ring (bicyclic) bond motifs is 1. The lowest BCUT2D eigenvalue weighted by molar-refractivity contribution is -0.133. The van der Waals surface area contributed by atoms with Crippen molar-refractivity contribution in [3.63, 3.8) is 0 Å². The molecule has 1 saturated heterocycles. The van der Waals surface area contributed by atoms with Crippen molar-refractivity contribution < 1.29 is 23.1 Å². The molecule has 9 nitrogen and oxygen atoms in total. The molecule has 0 spiro atoms. The summed E-state index contributed by atoms with van der Waals surface area (Å²) in [5.74, 6) is 0.454. The van der Waals surface area contributed by atoms with Crippen molar-refractivity contribution in [3.8, 4) is 0 Å². The number of rotatable bonds is 14. The standard InChI is InChI=1S/C38H58N4O5S/c1-37(2,3)41-35(44)32-24-29-19-13-14-20-30(29)25-42(32)26-33(43)31(23-28-17-11-8-12-18-28)40-36(45)34(38(4,5)48(6,46)47)39-22-21-27-15-9-7-10-16-27/h7-12,15-18,29-34,39,43H,13-14,19-26H2,1-6H3,(H,40,45)(H,41,44)/t29?,30?,31-,32-,33+,34+/m0/s1. The Bertz CT molecular complexity index is 1440. The number of sulfone groups is 1. The van der Waals surface area contributed by atoms with Crippen LogP contribution in [0.3, 0.4) is 0 Å². The molecule has 48 heavy (non-hydrogen) atoms. The lowest BCUT2D eigenvalue weighted by Gasteiger charge is -2.47. The van der Waals surface area contributed by atoms with Crippen molar-refractivity contribution >= 4 is 21.7 Å². The van der Waals surface area contributed by atoms with Gasteiger partial charge in [-0.1, -0.05) is 79.9 Å². The Kier molecular flexibility index (Phi) is 12.9. The molecule has 10 heteroatoms. The van der Waals surface area contributed by atoms with Gasteiger partial charge in [0.2, 0.25) is 11.8 Å². The Labute approximate surface area is 288 Å². The molecule has 1 aliphatic carbocycles. The van der Waals surface area contributed by atoms with Gasteiger partial charge in [-0.3, -0.25) is 14.5 Å². The largest absolute Gasteiger partial charge is 0.390 e. The van der Waals surface area contributed by atoms with Crippen LogP contribution in [0.2, 0.25) is 0 Å². The van der Waals surface area contributed by atoms with Crippen molar-refractivity contribution in [2.24, 2.45) is 11.8 Å². The van der Waals surface area contributed by atoms with Crippen molar-refractivity contribution in [2.45, 2.75) is 114 Å². The first-order valence-corrected chi connectivity index (χ1v) is 19.5. The summed E-state index contributed by atoms with van der Waals surface area (Å²) < 4.78 is 24.6. The number of hydrogen-bond donors (Lipinski definition) is 4. The van der Waals surface area contributed by atoms with Gasteiger partial charge in [0, 0.05) is 24.9 Å². The van der Waals surface area contributed by atoms with Crippen LogP contribution in [0.25, 0.3) is 0 Å². The van der Waals surface area contributed by atoms with E-state index in [2.05, 4.69) is 20.9 Å². The minimum atomic E-state index is -3.66. The summed E-state index contributed by atoms with van der Waals surface area (Å²) in [6.45, 7) is 10.4. The van der Waals surface area contributed by atoms with Gasteiger partial charge in [-0.15, -0.1) is 0 Å². The first kappa shape index (κ1) is 38.0. The highest BCUT2D eigenvalue weighted by Gasteiger charge is 2.45. The van der Waals surface area contributed by atoms with Gasteiger partial charge < -0.3 is 21.1 Å². The maximum absolute atomic E-state index is 14.2. The fourth-order valence-electron chi connectivity index (χ4n) is 7.29. The fraction of sp³-hybridized carbons (Fsp3) is 0.632. The SMILES string of the molecule is CC(C)(C)NC(=O)[C@@H]1CC2CCCCC2CN1C[C@@H](O)[C@H](Cc1ccccc1)NC(=O)[C@@H](NCCc1ccccc1)C(C)(C)S(C)(=O)=O. The van der Waals surface area contributed by atoms with Crippen molar-refractivity contribution in [2.75, 3.05) is 25.9 Å². The monoisotopic (exact) mass is 682 g/mol. The van der Waals surface area contributed by atoms with Crippen LogP contribution in [0.1, 0.15) is 77.8 Å². The number of hydrogen-bond acceptors (Lipinski definition) is 7. The molecule has 6 atom stereocenters. The minimum absolute atomic E-state index is 0.0278. The molecule has 1 saturated carbocycles. The average molecular weight is 683 g/mol. The topological polar surface area (TPSA) is 128 Å². The van der Waals surface area contributed by atoms with Gasteiger partial charge in [-0.2, -0.15) is 0 Å². The summed E-state index contributed by atoms with van der Waals surface area (Å²) in [5.41, 5.74) is 1.63. The predicted octanol–water partition coefficient (Wildman–Crippen LogP) is 3.89. The number of carbonyl (C=O) groups excluding carboxylic acids is 2. The second-order valence-electron chi connectivity index (χ2n) is 15.6. The molecular weight excluding hydrogens is 625 g/mol.